The maximum atomic E-state index is 12.6. The van der Waals surface area contributed by atoms with Gasteiger partial charge in [0.05, 0.1) is 5.41 Å². The number of carbonyl (C=O) groups excluding carboxylic acids is 2. The van der Waals surface area contributed by atoms with Gasteiger partial charge >= 0.3 is 0 Å². The molecule has 3 rings (SSSR count). The molecule has 1 atom stereocenters. The van der Waals surface area contributed by atoms with Gasteiger partial charge in [0, 0.05) is 22.4 Å². The lowest BCUT2D eigenvalue weighted by Gasteiger charge is -2.28. The molecule has 0 aliphatic heterocycles. The number of aryl methyl sites for hydroxylation is 2. The summed E-state index contributed by atoms with van der Waals surface area (Å²) < 4.78 is 12.6. The van der Waals surface area contributed by atoms with E-state index in [4.69, 9.17) is 5.73 Å². The van der Waals surface area contributed by atoms with Gasteiger partial charge in [-0.25, -0.2) is 14.4 Å². The van der Waals surface area contributed by atoms with E-state index in [9.17, 15) is 14.0 Å². The molecule has 5 nitrogen and oxygen atoms in total. The number of nitrogens with two attached hydrogens (primary N) is 1. The molecule has 2 N–H and O–H groups in total. The third-order valence-electron chi connectivity index (χ3n) is 7.45. The normalized spacial score (nSPS) is 12.0. The van der Waals surface area contributed by atoms with E-state index in [2.05, 4.69) is 29.7 Å². The molecule has 3 aromatic rings. The van der Waals surface area contributed by atoms with Crippen LogP contribution in [0.15, 0.2) is 108 Å². The Morgan fingerprint density at radius 2 is 1.58 bits per heavy atom. The molecule has 254 valence electrons. The molecule has 0 aliphatic rings. The van der Waals surface area contributed by atoms with Crippen molar-refractivity contribution in [1.82, 2.24) is 9.97 Å². The second kappa shape index (κ2) is 19.9. The summed E-state index contributed by atoms with van der Waals surface area (Å²) in [5.74, 6) is 0.536. The summed E-state index contributed by atoms with van der Waals surface area (Å²) in [5.41, 5.74) is 12.4. The Bertz CT molecular complexity index is 1690. The summed E-state index contributed by atoms with van der Waals surface area (Å²) >= 11 is 1.35. The van der Waals surface area contributed by atoms with Crippen LogP contribution in [-0.2, 0) is 16.6 Å². The van der Waals surface area contributed by atoms with Crippen LogP contribution < -0.4 is 5.73 Å². The van der Waals surface area contributed by atoms with Crippen molar-refractivity contribution < 1.29 is 14.0 Å². The first kappa shape index (κ1) is 41.4. The fourth-order valence-electron chi connectivity index (χ4n) is 4.59. The molecule has 0 radical (unpaired) electrons. The predicted molar refractivity (Wildman–Crippen MR) is 205 cm³/mol. The van der Waals surface area contributed by atoms with Crippen molar-refractivity contribution in [1.29, 1.82) is 0 Å². The van der Waals surface area contributed by atoms with Gasteiger partial charge in [0.2, 0.25) is 0 Å². The van der Waals surface area contributed by atoms with Crippen molar-refractivity contribution in [3.63, 3.8) is 0 Å². The van der Waals surface area contributed by atoms with Gasteiger partial charge in [0.1, 0.15) is 17.9 Å². The summed E-state index contributed by atoms with van der Waals surface area (Å²) in [7, 11) is 0. The van der Waals surface area contributed by atoms with Crippen LogP contribution in [-0.4, -0.2) is 22.0 Å². The van der Waals surface area contributed by atoms with Crippen molar-refractivity contribution in [2.75, 3.05) is 5.73 Å². The van der Waals surface area contributed by atoms with Crippen LogP contribution >= 0.6 is 11.8 Å². The molecule has 0 amide bonds. The van der Waals surface area contributed by atoms with E-state index in [0.717, 1.165) is 40.6 Å². The zero-order chi connectivity index (χ0) is 36.6. The summed E-state index contributed by atoms with van der Waals surface area (Å²) in [5, 5.41) is 1.93. The SMILES string of the molecule is C=C/C=C\C(C(=C)c1nc(C)c(C(C)(C=O)C(=C)S/C=C(\C)c2ccc(C(C)=O)cc2)c(N)n1)=C(C)C.CC.CCc1ccccc1F. The topological polar surface area (TPSA) is 85.9 Å². The van der Waals surface area contributed by atoms with Crippen LogP contribution in [0.4, 0.5) is 10.2 Å². The molecule has 0 aliphatic carbocycles. The van der Waals surface area contributed by atoms with Gasteiger partial charge < -0.3 is 10.5 Å². The van der Waals surface area contributed by atoms with Gasteiger partial charge in [0.15, 0.2) is 11.6 Å². The van der Waals surface area contributed by atoms with Crippen molar-refractivity contribution in [2.24, 2.45) is 0 Å². The van der Waals surface area contributed by atoms with E-state index in [1.165, 1.54) is 24.8 Å². The minimum atomic E-state index is -1.12. The number of hydrogen-bond acceptors (Lipinski definition) is 6. The van der Waals surface area contributed by atoms with Crippen molar-refractivity contribution in [3.05, 3.63) is 148 Å². The highest BCUT2D eigenvalue weighted by molar-refractivity contribution is 8.06. The van der Waals surface area contributed by atoms with E-state index in [-0.39, 0.29) is 17.4 Å². The monoisotopic (exact) mass is 667 g/mol. The molecular weight excluding hydrogens is 618 g/mol. The van der Waals surface area contributed by atoms with Crippen LogP contribution in [0.5, 0.6) is 0 Å². The number of hydrogen-bond donors (Lipinski definition) is 1. The van der Waals surface area contributed by atoms with Gasteiger partial charge in [-0.1, -0.05) is 107 Å². The highest BCUT2D eigenvalue weighted by Crippen LogP contribution is 2.41. The summed E-state index contributed by atoms with van der Waals surface area (Å²) in [4.78, 5) is 33.8. The molecular formula is C41H50FN3O2S. The maximum absolute atomic E-state index is 12.6. The lowest BCUT2D eigenvalue weighted by molar-refractivity contribution is -0.110. The fraction of sp³-hybridized carbons (Fsp3) is 0.268. The van der Waals surface area contributed by atoms with E-state index in [1.54, 1.807) is 37.3 Å². The Morgan fingerprint density at radius 3 is 2.04 bits per heavy atom. The lowest BCUT2D eigenvalue weighted by atomic mass is 9.83. The van der Waals surface area contributed by atoms with E-state index < -0.39 is 5.41 Å². The Balaban J connectivity index is 0.000000890. The van der Waals surface area contributed by atoms with E-state index >= 15 is 0 Å². The van der Waals surface area contributed by atoms with Crippen LogP contribution in [0, 0.1) is 12.7 Å². The van der Waals surface area contributed by atoms with Crippen molar-refractivity contribution in [3.8, 4) is 0 Å². The third-order valence-corrected chi connectivity index (χ3v) is 8.63. The first-order chi connectivity index (χ1) is 22.7. The summed E-state index contributed by atoms with van der Waals surface area (Å²) in [6.45, 7) is 29.1. The highest BCUT2D eigenvalue weighted by Gasteiger charge is 2.35. The van der Waals surface area contributed by atoms with E-state index in [1.807, 2.05) is 84.2 Å². The second-order valence-electron chi connectivity index (χ2n) is 11.1. The molecule has 1 unspecified atom stereocenters. The molecule has 0 spiro atoms. The molecule has 0 bridgehead atoms. The Hall–Kier alpha value is -4.62. The largest absolute Gasteiger partial charge is 0.383 e. The fourth-order valence-corrected chi connectivity index (χ4v) is 5.44. The number of allylic oxidation sites excluding steroid dienone is 8. The number of anilines is 1. The average molecular weight is 668 g/mol. The summed E-state index contributed by atoms with van der Waals surface area (Å²) in [6.07, 6.45) is 7.03. The van der Waals surface area contributed by atoms with Gasteiger partial charge in [-0.2, -0.15) is 0 Å². The number of carbonyl (C=O) groups is 2. The van der Waals surface area contributed by atoms with Crippen LogP contribution in [0.1, 0.15) is 94.0 Å². The Labute approximate surface area is 291 Å². The number of Topliss-reactive ketones (excluding diaryl/α,β-unsaturated/α-hetero) is 1. The second-order valence-corrected chi connectivity index (χ2v) is 12.1. The first-order valence-electron chi connectivity index (χ1n) is 15.9. The third kappa shape index (κ3) is 11.0. The summed E-state index contributed by atoms with van der Waals surface area (Å²) in [6, 6.07) is 14.2. The number of ketones is 1. The highest BCUT2D eigenvalue weighted by atomic mass is 32.2. The minimum Gasteiger partial charge on any atom is -0.383 e. The number of benzene rings is 2. The first-order valence-corrected chi connectivity index (χ1v) is 16.7. The van der Waals surface area contributed by atoms with Crippen LogP contribution in [0.3, 0.4) is 0 Å². The molecule has 0 fully saturated rings. The number of rotatable bonds is 12. The quantitative estimate of drug-likeness (QED) is 0.118. The number of thioether (sulfide) groups is 1. The van der Waals surface area contributed by atoms with E-state index in [0.29, 0.717) is 33.1 Å². The standard InChI is InChI=1S/C31H35N3O2S.C8H9F.C2H6/c1-10-11-12-27(19(2)3)21(5)30-33-22(6)28(29(32)34-30)31(9,18-35)24(8)37-17-20(4)25-13-15-26(16-14-25)23(7)36;1-2-7-5-3-4-6-8(7)9;1-2/h10-18H,1,5,8H2,2-4,6-7,9H3,(H2,32,33,34);3-6H,2H2,1H3;1-2H3/b12-11-,20-17+;;. The Morgan fingerprint density at radius 1 is 1.00 bits per heavy atom. The van der Waals surface area contributed by atoms with Crippen LogP contribution in [0.2, 0.25) is 0 Å². The molecule has 1 aromatic heterocycles. The van der Waals surface area contributed by atoms with Crippen molar-refractivity contribution >= 4 is 40.8 Å². The van der Waals surface area contributed by atoms with Crippen LogP contribution in [0.25, 0.3) is 11.1 Å². The Kier molecular flexibility index (Phi) is 17.2. The number of aromatic nitrogens is 2. The molecule has 0 saturated heterocycles. The minimum absolute atomic E-state index is 0.0211. The zero-order valence-electron chi connectivity index (χ0n) is 29.9. The zero-order valence-corrected chi connectivity index (χ0v) is 30.7. The molecule has 2 aromatic carbocycles. The van der Waals surface area contributed by atoms with Gasteiger partial charge in [0.25, 0.3) is 0 Å². The van der Waals surface area contributed by atoms with Gasteiger partial charge in [-0.3, -0.25) is 4.79 Å². The average Bonchev–Trinajstić information content (AvgIpc) is 3.07. The maximum Gasteiger partial charge on any atom is 0.161 e. The molecule has 0 saturated carbocycles. The smallest absolute Gasteiger partial charge is 0.161 e. The number of halogens is 1. The van der Waals surface area contributed by atoms with Gasteiger partial charge in [-0.05, 0) is 86.6 Å². The predicted octanol–water partition coefficient (Wildman–Crippen LogP) is 10.8. The molecule has 7 heteroatoms. The van der Waals surface area contributed by atoms with Gasteiger partial charge in [-0.15, -0.1) is 11.8 Å². The molecule has 1 heterocycles. The number of nitrogen functional groups attached to an aromatic ring is 1. The van der Waals surface area contributed by atoms with Crippen molar-refractivity contribution in [2.45, 2.75) is 74.1 Å². The lowest BCUT2D eigenvalue weighted by Crippen LogP contribution is -2.28. The molecule has 48 heavy (non-hydrogen) atoms. The number of aldehydes is 1. The number of nitrogens with zero attached hydrogens (tertiary/aromatic N) is 2.